The Hall–Kier alpha value is -2.82. The number of benzene rings is 2. The van der Waals surface area contributed by atoms with Crippen LogP contribution in [0.3, 0.4) is 0 Å². The molecule has 0 aliphatic rings. The number of hydrogen-bond acceptors (Lipinski definition) is 4. The zero-order chi connectivity index (χ0) is 21.4. The van der Waals surface area contributed by atoms with Crippen molar-refractivity contribution in [2.24, 2.45) is 0 Å². The van der Waals surface area contributed by atoms with Gasteiger partial charge in [-0.2, -0.15) is 0 Å². The summed E-state index contributed by atoms with van der Waals surface area (Å²) in [6.07, 6.45) is 0.686. The van der Waals surface area contributed by atoms with Crippen LogP contribution in [0.15, 0.2) is 42.5 Å². The van der Waals surface area contributed by atoms with Crippen molar-refractivity contribution in [3.63, 3.8) is 0 Å². The highest BCUT2D eigenvalue weighted by Crippen LogP contribution is 2.32. The van der Waals surface area contributed by atoms with Crippen LogP contribution >= 0.6 is 0 Å². The molecule has 0 aromatic heterocycles. The van der Waals surface area contributed by atoms with E-state index in [1.54, 1.807) is 7.11 Å². The Kier molecular flexibility index (Phi) is 8.25. The molecule has 0 saturated heterocycles. The average molecular weight is 398 g/mol. The first-order chi connectivity index (χ1) is 13.8. The monoisotopic (exact) mass is 397 g/mol. The van der Waals surface area contributed by atoms with Crippen molar-refractivity contribution in [3.05, 3.63) is 59.2 Å². The molecule has 0 atom stereocenters. The fourth-order valence-corrected chi connectivity index (χ4v) is 3.24. The summed E-state index contributed by atoms with van der Waals surface area (Å²) in [5.74, 6) is 0.544. The molecule has 0 heterocycles. The Morgan fingerprint density at radius 3 is 2.14 bits per heavy atom. The van der Waals surface area contributed by atoms with Gasteiger partial charge >= 0.3 is 5.97 Å². The summed E-state index contributed by atoms with van der Waals surface area (Å²) < 4.78 is 10.5. The molecule has 0 saturated carbocycles. The molecule has 2 rings (SSSR count). The number of nitrogens with one attached hydrogen (secondary N) is 1. The van der Waals surface area contributed by atoms with E-state index in [1.165, 1.54) is 0 Å². The number of hydrogen-bond donors (Lipinski definition) is 1. The zero-order valence-corrected chi connectivity index (χ0v) is 18.0. The topological polar surface area (TPSA) is 64.6 Å². The van der Waals surface area contributed by atoms with Gasteiger partial charge in [0.1, 0.15) is 5.75 Å². The molecular formula is C24H31NO4. The fraction of sp³-hybridized carbons (Fsp3) is 0.417. The number of methoxy groups -OCH3 is 1. The molecular weight excluding hydrogens is 366 g/mol. The van der Waals surface area contributed by atoms with E-state index >= 15 is 0 Å². The first-order valence-corrected chi connectivity index (χ1v) is 10.0. The van der Waals surface area contributed by atoms with E-state index in [1.807, 2.05) is 42.5 Å². The summed E-state index contributed by atoms with van der Waals surface area (Å²) in [6, 6.07) is 13.6. The lowest BCUT2D eigenvalue weighted by Crippen LogP contribution is -2.22. The number of para-hydroxylation sites is 2. The van der Waals surface area contributed by atoms with Crippen LogP contribution in [0.4, 0.5) is 5.69 Å². The maximum absolute atomic E-state index is 12.4. The molecule has 2 aromatic carbocycles. The lowest BCUT2D eigenvalue weighted by atomic mass is 9.92. The molecule has 0 unspecified atom stereocenters. The molecule has 5 heteroatoms. The maximum atomic E-state index is 12.4. The highest BCUT2D eigenvalue weighted by atomic mass is 16.5. The minimum Gasteiger partial charge on any atom is -0.496 e. The van der Waals surface area contributed by atoms with Crippen molar-refractivity contribution >= 4 is 17.6 Å². The Bertz CT molecular complexity index is 816. The van der Waals surface area contributed by atoms with Gasteiger partial charge in [-0.25, -0.2) is 0 Å². The van der Waals surface area contributed by atoms with Crippen LogP contribution < -0.4 is 10.1 Å². The normalized spacial score (nSPS) is 10.9. The maximum Gasteiger partial charge on any atom is 0.306 e. The van der Waals surface area contributed by atoms with Crippen molar-refractivity contribution in [1.29, 1.82) is 0 Å². The lowest BCUT2D eigenvalue weighted by Gasteiger charge is -2.20. The van der Waals surface area contributed by atoms with Gasteiger partial charge in [-0.15, -0.1) is 0 Å². The third-order valence-corrected chi connectivity index (χ3v) is 4.79. The Labute approximate surface area is 173 Å². The molecule has 5 nitrogen and oxygen atoms in total. The quantitative estimate of drug-likeness (QED) is 0.601. The zero-order valence-electron chi connectivity index (χ0n) is 18.0. The first-order valence-electron chi connectivity index (χ1n) is 10.0. The van der Waals surface area contributed by atoms with E-state index in [0.29, 0.717) is 6.42 Å². The highest BCUT2D eigenvalue weighted by Gasteiger charge is 2.17. The van der Waals surface area contributed by atoms with Gasteiger partial charge in [-0.1, -0.05) is 64.1 Å². The summed E-state index contributed by atoms with van der Waals surface area (Å²) in [6.45, 7) is 8.06. The van der Waals surface area contributed by atoms with Gasteiger partial charge in [0.15, 0.2) is 6.61 Å². The number of amides is 1. The van der Waals surface area contributed by atoms with Gasteiger partial charge in [0.2, 0.25) is 0 Å². The van der Waals surface area contributed by atoms with Crippen LogP contribution in [0, 0.1) is 0 Å². The molecule has 2 aromatic rings. The van der Waals surface area contributed by atoms with E-state index in [9.17, 15) is 9.59 Å². The van der Waals surface area contributed by atoms with Gasteiger partial charge in [0.05, 0.1) is 7.11 Å². The van der Waals surface area contributed by atoms with Crippen LogP contribution in [0.1, 0.15) is 62.6 Å². The number of aryl methyl sites for hydroxylation is 1. The van der Waals surface area contributed by atoms with Crippen molar-refractivity contribution < 1.29 is 19.1 Å². The van der Waals surface area contributed by atoms with Gasteiger partial charge < -0.3 is 14.8 Å². The molecule has 1 amide bonds. The van der Waals surface area contributed by atoms with Crippen molar-refractivity contribution in [3.8, 4) is 5.75 Å². The number of ether oxygens (including phenoxy) is 2. The van der Waals surface area contributed by atoms with E-state index in [4.69, 9.17) is 9.47 Å². The van der Waals surface area contributed by atoms with Gasteiger partial charge in [-0.3, -0.25) is 9.59 Å². The second-order valence-electron chi connectivity index (χ2n) is 7.64. The Morgan fingerprint density at radius 2 is 1.55 bits per heavy atom. The predicted octanol–water partition coefficient (Wildman–Crippen LogP) is 5.06. The van der Waals surface area contributed by atoms with Crippen LogP contribution in [0.2, 0.25) is 0 Å². The van der Waals surface area contributed by atoms with Crippen molar-refractivity contribution in [2.45, 2.75) is 52.4 Å². The van der Waals surface area contributed by atoms with E-state index in [0.717, 1.165) is 28.1 Å². The predicted molar refractivity (Wildman–Crippen MR) is 116 cm³/mol. The minimum absolute atomic E-state index is 0.188. The number of anilines is 1. The number of carbonyl (C=O) groups is 2. The molecule has 156 valence electrons. The Balaban J connectivity index is 1.94. The lowest BCUT2D eigenvalue weighted by molar-refractivity contribution is -0.147. The van der Waals surface area contributed by atoms with Crippen LogP contribution in [0.25, 0.3) is 0 Å². The van der Waals surface area contributed by atoms with Gasteiger partial charge in [-0.05, 0) is 41.0 Å². The van der Waals surface area contributed by atoms with Gasteiger partial charge in [0, 0.05) is 12.1 Å². The Morgan fingerprint density at radius 1 is 0.931 bits per heavy atom. The first kappa shape index (κ1) is 22.5. The largest absolute Gasteiger partial charge is 0.496 e. The number of esters is 1. The number of carbonyl (C=O) groups excluding carboxylic acids is 2. The summed E-state index contributed by atoms with van der Waals surface area (Å²) in [5, 5.41) is 2.95. The second kappa shape index (κ2) is 10.6. The fourth-order valence-electron chi connectivity index (χ4n) is 3.24. The van der Waals surface area contributed by atoms with E-state index in [-0.39, 0.29) is 30.8 Å². The molecule has 0 aliphatic heterocycles. The third kappa shape index (κ3) is 6.34. The minimum atomic E-state index is -0.410. The third-order valence-electron chi connectivity index (χ3n) is 4.79. The SMILES string of the molecule is COc1ccccc1CCC(=O)OCC(=O)Nc1c(C(C)C)cccc1C(C)C. The summed E-state index contributed by atoms with van der Waals surface area (Å²) in [7, 11) is 1.60. The van der Waals surface area contributed by atoms with Crippen molar-refractivity contribution in [1.82, 2.24) is 0 Å². The summed E-state index contributed by atoms with van der Waals surface area (Å²) in [5.41, 5.74) is 3.91. The molecule has 0 bridgehead atoms. The molecule has 0 aliphatic carbocycles. The van der Waals surface area contributed by atoms with Crippen molar-refractivity contribution in [2.75, 3.05) is 19.0 Å². The van der Waals surface area contributed by atoms with Gasteiger partial charge in [0.25, 0.3) is 5.91 Å². The smallest absolute Gasteiger partial charge is 0.306 e. The standard InChI is InChI=1S/C24H31NO4/c1-16(2)19-10-8-11-20(17(3)4)24(19)25-22(26)15-29-23(27)14-13-18-9-6-7-12-21(18)28-5/h6-12,16-17H,13-15H2,1-5H3,(H,25,26). The molecule has 1 N–H and O–H groups in total. The van der Waals surface area contributed by atoms with Crippen LogP contribution in [-0.2, 0) is 20.7 Å². The van der Waals surface area contributed by atoms with E-state index in [2.05, 4.69) is 33.0 Å². The molecule has 0 spiro atoms. The molecule has 0 radical (unpaired) electrons. The van der Waals surface area contributed by atoms with E-state index < -0.39 is 5.97 Å². The summed E-state index contributed by atoms with van der Waals surface area (Å²) >= 11 is 0. The van der Waals surface area contributed by atoms with Crippen LogP contribution in [0.5, 0.6) is 5.75 Å². The second-order valence-corrected chi connectivity index (χ2v) is 7.64. The summed E-state index contributed by atoms with van der Waals surface area (Å²) in [4.78, 5) is 24.5. The highest BCUT2D eigenvalue weighted by molar-refractivity contribution is 5.94. The molecule has 0 fully saturated rings. The molecule has 29 heavy (non-hydrogen) atoms. The van der Waals surface area contributed by atoms with Crippen LogP contribution in [-0.4, -0.2) is 25.6 Å². The number of rotatable bonds is 9. The average Bonchev–Trinajstić information content (AvgIpc) is 2.70.